The Labute approximate surface area is 164 Å². The second-order valence-corrected chi connectivity index (χ2v) is 8.54. The highest BCUT2D eigenvalue weighted by Gasteiger charge is 2.20. The summed E-state index contributed by atoms with van der Waals surface area (Å²) < 4.78 is 0. The quantitative estimate of drug-likeness (QED) is 0.453. The molecular formula is C17H15Cl2N3OS2. The molecule has 4 nitrogen and oxygen atoms in total. The fourth-order valence-corrected chi connectivity index (χ4v) is 4.62. The van der Waals surface area contributed by atoms with Gasteiger partial charge in [-0.15, -0.1) is 11.3 Å². The number of benzene rings is 1. The number of fused-ring (bicyclic) bond motifs is 1. The molecule has 130 valence electrons. The van der Waals surface area contributed by atoms with Crippen molar-refractivity contribution in [3.05, 3.63) is 51.6 Å². The van der Waals surface area contributed by atoms with Crippen LogP contribution in [0.4, 0.5) is 0 Å². The summed E-state index contributed by atoms with van der Waals surface area (Å²) in [7, 11) is 0. The molecule has 0 aliphatic heterocycles. The molecular weight excluding hydrogens is 397 g/mol. The Morgan fingerprint density at radius 3 is 2.80 bits per heavy atom. The van der Waals surface area contributed by atoms with Gasteiger partial charge >= 0.3 is 0 Å². The molecule has 2 atom stereocenters. The summed E-state index contributed by atoms with van der Waals surface area (Å²) in [5, 5.41) is 7.56. The van der Waals surface area contributed by atoms with Crippen LogP contribution < -0.4 is 5.32 Å². The van der Waals surface area contributed by atoms with E-state index in [1.54, 1.807) is 23.5 Å². The van der Waals surface area contributed by atoms with Gasteiger partial charge in [0, 0.05) is 15.4 Å². The van der Waals surface area contributed by atoms with Gasteiger partial charge < -0.3 is 5.32 Å². The van der Waals surface area contributed by atoms with Crippen molar-refractivity contribution < 1.29 is 4.79 Å². The first-order valence-electron chi connectivity index (χ1n) is 7.56. The van der Waals surface area contributed by atoms with Crippen LogP contribution in [0.25, 0.3) is 10.2 Å². The van der Waals surface area contributed by atoms with Crippen LogP contribution in [0.3, 0.4) is 0 Å². The van der Waals surface area contributed by atoms with Crippen molar-refractivity contribution in [3.8, 4) is 0 Å². The van der Waals surface area contributed by atoms with E-state index >= 15 is 0 Å². The average Bonchev–Trinajstić information content (AvgIpc) is 3.04. The third-order valence-electron chi connectivity index (χ3n) is 3.67. The van der Waals surface area contributed by atoms with Gasteiger partial charge in [0.15, 0.2) is 0 Å². The molecule has 1 aromatic carbocycles. The lowest BCUT2D eigenvalue weighted by Crippen LogP contribution is -2.33. The minimum atomic E-state index is -0.300. The second kappa shape index (κ2) is 7.91. The fraction of sp³-hybridized carbons (Fsp3) is 0.235. The molecule has 0 spiro atoms. The molecule has 25 heavy (non-hydrogen) atoms. The van der Waals surface area contributed by atoms with E-state index < -0.39 is 0 Å². The van der Waals surface area contributed by atoms with E-state index in [-0.39, 0.29) is 17.2 Å². The Morgan fingerprint density at radius 1 is 1.24 bits per heavy atom. The Morgan fingerprint density at radius 2 is 2.04 bits per heavy atom. The molecule has 0 aliphatic carbocycles. The summed E-state index contributed by atoms with van der Waals surface area (Å²) in [6.45, 7) is 3.75. The molecule has 1 amide bonds. The number of rotatable bonds is 5. The van der Waals surface area contributed by atoms with E-state index in [9.17, 15) is 4.79 Å². The van der Waals surface area contributed by atoms with Gasteiger partial charge in [-0.1, -0.05) is 41.0 Å². The van der Waals surface area contributed by atoms with Gasteiger partial charge in [-0.05, 0) is 43.0 Å². The number of hydrogen-bond acceptors (Lipinski definition) is 5. The minimum Gasteiger partial charge on any atom is -0.349 e. The van der Waals surface area contributed by atoms with E-state index in [2.05, 4.69) is 15.3 Å². The first-order valence-corrected chi connectivity index (χ1v) is 10.1. The highest BCUT2D eigenvalue weighted by atomic mass is 35.5. The van der Waals surface area contributed by atoms with Crippen molar-refractivity contribution in [2.24, 2.45) is 0 Å². The number of carbonyl (C=O) groups is 1. The molecule has 3 aromatic rings. The van der Waals surface area contributed by atoms with Crippen molar-refractivity contribution in [3.63, 3.8) is 0 Å². The van der Waals surface area contributed by atoms with Crippen LogP contribution in [0.5, 0.6) is 0 Å². The van der Waals surface area contributed by atoms with Crippen LogP contribution in [-0.4, -0.2) is 21.1 Å². The van der Waals surface area contributed by atoms with E-state index in [1.807, 2.05) is 31.4 Å². The lowest BCUT2D eigenvalue weighted by atomic mass is 10.1. The zero-order valence-corrected chi connectivity index (χ0v) is 16.6. The standard InChI is InChI=1S/C17H15Cl2N3OS2/c1-9(12-4-3-11(18)7-14(12)19)22-15(23)10(2)25-17-13-5-6-24-16(13)20-8-21-17/h3-10H,1-2H3,(H,22,23)/t9-,10+/m1/s1. The Bertz CT molecular complexity index is 916. The molecule has 8 heteroatoms. The maximum Gasteiger partial charge on any atom is 0.233 e. The molecule has 2 heterocycles. The van der Waals surface area contributed by atoms with Crippen LogP contribution in [0.2, 0.25) is 10.0 Å². The van der Waals surface area contributed by atoms with Crippen molar-refractivity contribution >= 4 is 62.4 Å². The zero-order valence-electron chi connectivity index (χ0n) is 13.5. The van der Waals surface area contributed by atoms with Crippen LogP contribution in [0.15, 0.2) is 41.0 Å². The summed E-state index contributed by atoms with van der Waals surface area (Å²) >= 11 is 15.1. The van der Waals surface area contributed by atoms with Crippen LogP contribution in [0, 0.1) is 0 Å². The summed E-state index contributed by atoms with van der Waals surface area (Å²) in [5.41, 5.74) is 0.832. The summed E-state index contributed by atoms with van der Waals surface area (Å²) in [6, 6.07) is 7.02. The number of thioether (sulfide) groups is 1. The van der Waals surface area contributed by atoms with E-state index in [1.165, 1.54) is 18.1 Å². The number of thiophene rings is 1. The molecule has 1 N–H and O–H groups in total. The Kier molecular flexibility index (Phi) is 5.84. The van der Waals surface area contributed by atoms with Gasteiger partial charge in [-0.3, -0.25) is 4.79 Å². The Hall–Kier alpha value is -1.34. The highest BCUT2D eigenvalue weighted by molar-refractivity contribution is 8.00. The number of nitrogens with one attached hydrogen (secondary N) is 1. The second-order valence-electron chi connectivity index (χ2n) is 5.47. The van der Waals surface area contributed by atoms with Gasteiger partial charge in [0.1, 0.15) is 16.2 Å². The molecule has 2 aromatic heterocycles. The number of amides is 1. The summed E-state index contributed by atoms with van der Waals surface area (Å²) in [6.07, 6.45) is 1.53. The van der Waals surface area contributed by atoms with Crippen molar-refractivity contribution in [1.82, 2.24) is 15.3 Å². The van der Waals surface area contributed by atoms with Crippen molar-refractivity contribution in [1.29, 1.82) is 0 Å². The lowest BCUT2D eigenvalue weighted by Gasteiger charge is -2.18. The first kappa shape index (κ1) is 18.5. The van der Waals surface area contributed by atoms with E-state index in [0.717, 1.165) is 20.8 Å². The average molecular weight is 412 g/mol. The maximum atomic E-state index is 12.5. The molecule has 0 unspecified atom stereocenters. The van der Waals surface area contributed by atoms with Gasteiger partial charge in [-0.2, -0.15) is 0 Å². The summed E-state index contributed by atoms with van der Waals surface area (Å²) in [4.78, 5) is 22.0. The highest BCUT2D eigenvalue weighted by Crippen LogP contribution is 2.31. The van der Waals surface area contributed by atoms with E-state index in [4.69, 9.17) is 23.2 Å². The number of carbonyl (C=O) groups excluding carboxylic acids is 1. The number of nitrogens with zero attached hydrogens (tertiary/aromatic N) is 2. The van der Waals surface area contributed by atoms with Gasteiger partial charge in [-0.25, -0.2) is 9.97 Å². The maximum absolute atomic E-state index is 12.5. The third-order valence-corrected chi connectivity index (χ3v) is 6.17. The van der Waals surface area contributed by atoms with Gasteiger partial charge in [0.05, 0.1) is 11.3 Å². The lowest BCUT2D eigenvalue weighted by molar-refractivity contribution is -0.120. The number of hydrogen-bond donors (Lipinski definition) is 1. The zero-order chi connectivity index (χ0) is 18.0. The fourth-order valence-electron chi connectivity index (χ4n) is 2.34. The normalized spacial score (nSPS) is 13.6. The van der Waals surface area contributed by atoms with Crippen LogP contribution in [-0.2, 0) is 4.79 Å². The minimum absolute atomic E-state index is 0.0782. The Balaban J connectivity index is 1.69. The smallest absolute Gasteiger partial charge is 0.233 e. The summed E-state index contributed by atoms with van der Waals surface area (Å²) in [5.74, 6) is -0.0782. The predicted octanol–water partition coefficient (Wildman–Crippen LogP) is 5.36. The molecule has 3 rings (SSSR count). The SMILES string of the molecule is C[C@H](Sc1ncnc2sccc12)C(=O)N[C@H](C)c1ccc(Cl)cc1Cl. The van der Waals surface area contributed by atoms with Crippen LogP contribution >= 0.6 is 46.3 Å². The topological polar surface area (TPSA) is 54.9 Å². The largest absolute Gasteiger partial charge is 0.349 e. The number of halogens is 2. The molecule has 0 bridgehead atoms. The van der Waals surface area contributed by atoms with Gasteiger partial charge in [0.25, 0.3) is 0 Å². The van der Waals surface area contributed by atoms with Crippen molar-refractivity contribution in [2.45, 2.75) is 30.2 Å². The molecule has 0 radical (unpaired) electrons. The molecule has 0 saturated carbocycles. The van der Waals surface area contributed by atoms with Gasteiger partial charge in [0.2, 0.25) is 5.91 Å². The third kappa shape index (κ3) is 4.26. The first-order chi connectivity index (χ1) is 12.0. The predicted molar refractivity (Wildman–Crippen MR) is 106 cm³/mol. The van der Waals surface area contributed by atoms with E-state index in [0.29, 0.717) is 10.0 Å². The number of aromatic nitrogens is 2. The monoisotopic (exact) mass is 411 g/mol. The molecule has 0 fully saturated rings. The molecule has 0 aliphatic rings. The molecule has 0 saturated heterocycles. The van der Waals surface area contributed by atoms with Crippen molar-refractivity contribution in [2.75, 3.05) is 0 Å². The van der Waals surface area contributed by atoms with Crippen LogP contribution in [0.1, 0.15) is 25.5 Å².